The molecule has 1 aliphatic rings. The number of amides is 1. The molecule has 37 heavy (non-hydrogen) atoms. The van der Waals surface area contributed by atoms with Crippen LogP contribution in [0.2, 0.25) is 0 Å². The summed E-state index contributed by atoms with van der Waals surface area (Å²) in [7, 11) is 3.86. The summed E-state index contributed by atoms with van der Waals surface area (Å²) in [4.78, 5) is 24.0. The monoisotopic (exact) mass is 504 g/mol. The average Bonchev–Trinajstić information content (AvgIpc) is 2.91. The number of hydrogen-bond acceptors (Lipinski definition) is 7. The molecule has 2 N–H and O–H groups in total. The number of piperidine rings is 1. The third-order valence-corrected chi connectivity index (χ3v) is 6.35. The van der Waals surface area contributed by atoms with Gasteiger partial charge in [0.25, 0.3) is 0 Å². The highest BCUT2D eigenvalue weighted by Gasteiger charge is 2.17. The quantitative estimate of drug-likeness (QED) is 0.377. The first-order valence-corrected chi connectivity index (χ1v) is 12.3. The lowest BCUT2D eigenvalue weighted by atomic mass is 9.98. The standard InChI is InChI=1S/C28H33FN6O2/c1-4-26(36)35(3)18-20-8-10-22(11-9-20)31-27-25(29)17-30-28(33-27)32-23-6-5-7-24(16-23)37-19-21-12-14-34(2)15-13-21/h4-11,16-17,21H,1,12-15,18-19H2,2-3H3,(H2,30,31,32,33). The van der Waals surface area contributed by atoms with E-state index >= 15 is 0 Å². The number of benzene rings is 2. The Morgan fingerprint density at radius 1 is 1.19 bits per heavy atom. The SMILES string of the molecule is C=CC(=O)N(C)Cc1ccc(Nc2nc(Nc3cccc(OCC4CCN(C)CC4)c3)ncc2F)cc1. The summed E-state index contributed by atoms with van der Waals surface area (Å²) in [6.45, 7) is 6.84. The van der Waals surface area contributed by atoms with E-state index in [1.165, 1.54) is 6.08 Å². The lowest BCUT2D eigenvalue weighted by Gasteiger charge is -2.28. The van der Waals surface area contributed by atoms with E-state index in [0.29, 0.717) is 24.8 Å². The van der Waals surface area contributed by atoms with Crippen LogP contribution in [0.3, 0.4) is 0 Å². The normalized spacial score (nSPS) is 14.1. The number of likely N-dealkylation sites (tertiary alicyclic amines) is 1. The van der Waals surface area contributed by atoms with Crippen LogP contribution >= 0.6 is 0 Å². The van der Waals surface area contributed by atoms with Crippen molar-refractivity contribution < 1.29 is 13.9 Å². The van der Waals surface area contributed by atoms with Gasteiger partial charge in [-0.05, 0) is 74.8 Å². The maximum atomic E-state index is 14.4. The van der Waals surface area contributed by atoms with Crippen molar-refractivity contribution in [1.29, 1.82) is 0 Å². The second kappa shape index (κ2) is 12.3. The van der Waals surface area contributed by atoms with Gasteiger partial charge in [-0.25, -0.2) is 9.37 Å². The Hall–Kier alpha value is -3.98. The van der Waals surface area contributed by atoms with Gasteiger partial charge in [-0.3, -0.25) is 4.79 Å². The van der Waals surface area contributed by atoms with Gasteiger partial charge in [0.2, 0.25) is 11.9 Å². The maximum absolute atomic E-state index is 14.4. The molecule has 0 unspecified atom stereocenters. The Labute approximate surface area is 217 Å². The third-order valence-electron chi connectivity index (χ3n) is 6.35. The van der Waals surface area contributed by atoms with Crippen LogP contribution in [-0.2, 0) is 11.3 Å². The highest BCUT2D eigenvalue weighted by molar-refractivity contribution is 5.86. The first-order valence-electron chi connectivity index (χ1n) is 12.3. The first kappa shape index (κ1) is 26.1. The molecule has 1 amide bonds. The summed E-state index contributed by atoms with van der Waals surface area (Å²) in [5, 5.41) is 6.12. The fourth-order valence-electron chi connectivity index (χ4n) is 4.09. The summed E-state index contributed by atoms with van der Waals surface area (Å²) < 4.78 is 20.5. The largest absolute Gasteiger partial charge is 0.493 e. The van der Waals surface area contributed by atoms with E-state index in [4.69, 9.17) is 4.74 Å². The third kappa shape index (κ3) is 7.50. The molecule has 3 aromatic rings. The van der Waals surface area contributed by atoms with Crippen LogP contribution in [0, 0.1) is 11.7 Å². The van der Waals surface area contributed by atoms with Gasteiger partial charge in [-0.1, -0.05) is 24.8 Å². The predicted molar refractivity (Wildman–Crippen MR) is 144 cm³/mol. The average molecular weight is 505 g/mol. The van der Waals surface area contributed by atoms with Crippen LogP contribution < -0.4 is 15.4 Å². The van der Waals surface area contributed by atoms with Crippen molar-refractivity contribution in [1.82, 2.24) is 19.8 Å². The Bertz CT molecular complexity index is 1210. The van der Waals surface area contributed by atoms with Gasteiger partial charge in [-0.15, -0.1) is 0 Å². The van der Waals surface area contributed by atoms with E-state index < -0.39 is 5.82 Å². The molecule has 1 aliphatic heterocycles. The minimum atomic E-state index is -0.568. The number of carbonyl (C=O) groups is 1. The van der Waals surface area contributed by atoms with Gasteiger partial charge in [0, 0.05) is 31.0 Å². The minimum Gasteiger partial charge on any atom is -0.493 e. The number of ether oxygens (including phenoxy) is 1. The number of likely N-dealkylation sites (N-methyl/N-ethyl adjacent to an activating group) is 1. The number of carbonyl (C=O) groups excluding carboxylic acids is 1. The van der Waals surface area contributed by atoms with Crippen LogP contribution in [0.15, 0.2) is 67.4 Å². The Morgan fingerprint density at radius 3 is 2.68 bits per heavy atom. The zero-order valence-corrected chi connectivity index (χ0v) is 21.3. The number of anilines is 4. The fraction of sp³-hybridized carbons (Fsp3) is 0.321. The topological polar surface area (TPSA) is 82.6 Å². The van der Waals surface area contributed by atoms with Gasteiger partial charge in [0.1, 0.15) is 5.75 Å². The molecule has 0 aliphatic carbocycles. The summed E-state index contributed by atoms with van der Waals surface area (Å²) in [5.41, 5.74) is 2.35. The van der Waals surface area contributed by atoms with Crippen molar-refractivity contribution in [2.75, 3.05) is 44.4 Å². The Morgan fingerprint density at radius 2 is 1.95 bits per heavy atom. The first-order chi connectivity index (χ1) is 17.9. The van der Waals surface area contributed by atoms with E-state index in [0.717, 1.165) is 49.1 Å². The van der Waals surface area contributed by atoms with Crippen molar-refractivity contribution in [3.63, 3.8) is 0 Å². The summed E-state index contributed by atoms with van der Waals surface area (Å²) in [6, 6.07) is 14.9. The van der Waals surface area contributed by atoms with Gasteiger partial charge >= 0.3 is 0 Å². The van der Waals surface area contributed by atoms with Crippen LogP contribution in [-0.4, -0.2) is 59.5 Å². The molecule has 9 heteroatoms. The molecule has 0 radical (unpaired) electrons. The zero-order chi connectivity index (χ0) is 26.2. The number of nitrogens with zero attached hydrogens (tertiary/aromatic N) is 4. The van der Waals surface area contributed by atoms with Crippen molar-refractivity contribution in [3.05, 3.63) is 78.8 Å². The van der Waals surface area contributed by atoms with Crippen molar-refractivity contribution in [3.8, 4) is 5.75 Å². The van der Waals surface area contributed by atoms with Crippen LogP contribution in [0.1, 0.15) is 18.4 Å². The predicted octanol–water partition coefficient (Wildman–Crippen LogP) is 4.97. The van der Waals surface area contributed by atoms with Crippen molar-refractivity contribution in [2.45, 2.75) is 19.4 Å². The molecule has 2 aromatic carbocycles. The molecule has 1 saturated heterocycles. The second-order valence-electron chi connectivity index (χ2n) is 9.32. The number of hydrogen-bond donors (Lipinski definition) is 2. The van der Waals surface area contributed by atoms with Crippen LogP contribution in [0.5, 0.6) is 5.75 Å². The second-order valence-corrected chi connectivity index (χ2v) is 9.32. The van der Waals surface area contributed by atoms with E-state index in [9.17, 15) is 9.18 Å². The number of rotatable bonds is 10. The zero-order valence-electron chi connectivity index (χ0n) is 21.3. The minimum absolute atomic E-state index is 0.0545. The van der Waals surface area contributed by atoms with Crippen LogP contribution in [0.25, 0.3) is 0 Å². The molecule has 0 bridgehead atoms. The molecule has 0 atom stereocenters. The van der Waals surface area contributed by atoms with E-state index in [2.05, 4.69) is 39.1 Å². The molecule has 8 nitrogen and oxygen atoms in total. The Kier molecular flexibility index (Phi) is 8.68. The summed E-state index contributed by atoms with van der Waals surface area (Å²) in [5.74, 6) is 0.925. The Balaban J connectivity index is 1.36. The fourth-order valence-corrected chi connectivity index (χ4v) is 4.09. The highest BCUT2D eigenvalue weighted by atomic mass is 19.1. The van der Waals surface area contributed by atoms with Crippen molar-refractivity contribution in [2.24, 2.45) is 5.92 Å². The molecular weight excluding hydrogens is 471 g/mol. The lowest BCUT2D eigenvalue weighted by molar-refractivity contribution is -0.125. The maximum Gasteiger partial charge on any atom is 0.245 e. The molecular formula is C28H33FN6O2. The number of aromatic nitrogens is 2. The molecule has 0 spiro atoms. The number of halogens is 1. The molecule has 1 fully saturated rings. The van der Waals surface area contributed by atoms with Crippen LogP contribution in [0.4, 0.5) is 27.5 Å². The lowest BCUT2D eigenvalue weighted by Crippen LogP contribution is -2.32. The van der Waals surface area contributed by atoms with Gasteiger partial charge in [0.05, 0.1) is 12.8 Å². The smallest absolute Gasteiger partial charge is 0.245 e. The number of nitrogens with one attached hydrogen (secondary N) is 2. The molecule has 4 rings (SSSR count). The van der Waals surface area contributed by atoms with E-state index in [1.54, 1.807) is 24.1 Å². The van der Waals surface area contributed by atoms with Gasteiger partial charge < -0.3 is 25.2 Å². The van der Waals surface area contributed by atoms with E-state index in [1.807, 2.05) is 36.4 Å². The molecule has 194 valence electrons. The molecule has 0 saturated carbocycles. The summed E-state index contributed by atoms with van der Waals surface area (Å²) in [6.07, 6.45) is 4.69. The van der Waals surface area contributed by atoms with Gasteiger partial charge in [0.15, 0.2) is 11.6 Å². The van der Waals surface area contributed by atoms with Crippen molar-refractivity contribution >= 4 is 29.0 Å². The summed E-state index contributed by atoms with van der Waals surface area (Å²) >= 11 is 0. The molecule has 2 heterocycles. The molecule has 1 aromatic heterocycles. The van der Waals surface area contributed by atoms with E-state index in [-0.39, 0.29) is 17.7 Å². The highest BCUT2D eigenvalue weighted by Crippen LogP contribution is 2.24. The van der Waals surface area contributed by atoms with Gasteiger partial charge in [-0.2, -0.15) is 4.98 Å².